The number of hydrogen-bond donors (Lipinski definition) is 3. The summed E-state index contributed by atoms with van der Waals surface area (Å²) in [6, 6.07) is 15.5. The molecule has 0 unspecified atom stereocenters. The third-order valence-electron chi connectivity index (χ3n) is 5.73. The van der Waals surface area contributed by atoms with Gasteiger partial charge in [0.05, 0.1) is 18.2 Å². The minimum Gasteiger partial charge on any atom is -0.475 e. The van der Waals surface area contributed by atoms with Crippen molar-refractivity contribution in [2.24, 2.45) is 4.99 Å². The molecule has 2 aliphatic heterocycles. The number of carboxylic acid groups (broad SMARTS) is 1. The number of halogens is 3. The number of rotatable bonds is 3. The van der Waals surface area contributed by atoms with Crippen LogP contribution in [0, 0.1) is 5.41 Å². The number of cyclic esters (lactones) is 1. The van der Waals surface area contributed by atoms with Gasteiger partial charge in [0.25, 0.3) is 0 Å². The number of esters is 1. The third-order valence-corrected chi connectivity index (χ3v) is 5.73. The van der Waals surface area contributed by atoms with Crippen LogP contribution in [0.15, 0.2) is 76.2 Å². The number of alkyl halides is 3. The zero-order chi connectivity index (χ0) is 27.3. The number of fused-ring (bicyclic) bond motifs is 1. The van der Waals surface area contributed by atoms with Crippen molar-refractivity contribution in [2.45, 2.75) is 6.18 Å². The van der Waals surface area contributed by atoms with Gasteiger partial charge in [0, 0.05) is 48.2 Å². The fourth-order valence-electron chi connectivity index (χ4n) is 3.93. The number of anilines is 1. The van der Waals surface area contributed by atoms with E-state index in [2.05, 4.69) is 15.2 Å². The van der Waals surface area contributed by atoms with Gasteiger partial charge in [-0.1, -0.05) is 36.4 Å². The predicted octanol–water partition coefficient (Wildman–Crippen LogP) is 3.98. The molecular weight excluding hydrogens is 507 g/mol. The number of benzene rings is 2. The van der Waals surface area contributed by atoms with Gasteiger partial charge in [-0.2, -0.15) is 13.2 Å². The van der Waals surface area contributed by atoms with E-state index >= 15 is 0 Å². The molecule has 3 heterocycles. The van der Waals surface area contributed by atoms with Crippen LogP contribution in [-0.4, -0.2) is 71.6 Å². The topological polar surface area (TPSA) is 131 Å². The highest BCUT2D eigenvalue weighted by Gasteiger charge is 2.38. The van der Waals surface area contributed by atoms with Crippen LogP contribution in [0.4, 0.5) is 18.9 Å². The molecule has 1 fully saturated rings. The Balaban J connectivity index is 0.000000426. The Kier molecular flexibility index (Phi) is 7.65. The van der Waals surface area contributed by atoms with Crippen molar-refractivity contribution in [1.82, 2.24) is 9.80 Å². The van der Waals surface area contributed by atoms with E-state index in [1.165, 1.54) is 6.40 Å². The van der Waals surface area contributed by atoms with Crippen molar-refractivity contribution in [2.75, 3.05) is 31.5 Å². The maximum atomic E-state index is 12.4. The summed E-state index contributed by atoms with van der Waals surface area (Å²) in [5, 5.41) is 20.6. The minimum absolute atomic E-state index is 0.291. The molecule has 0 spiro atoms. The van der Waals surface area contributed by atoms with E-state index in [0.717, 1.165) is 27.7 Å². The Morgan fingerprint density at radius 1 is 1.00 bits per heavy atom. The number of nitrogens with zero attached hydrogens (tertiary/aromatic N) is 3. The number of carbonyl (C=O) groups excluding carboxylic acids is 1. The number of nitrogens with one attached hydrogen (secondary N) is 2. The lowest BCUT2D eigenvalue weighted by molar-refractivity contribution is -0.192. The lowest BCUT2D eigenvalue weighted by atomic mass is 10.0. The molecule has 198 valence electrons. The van der Waals surface area contributed by atoms with Crippen molar-refractivity contribution >= 4 is 46.5 Å². The van der Waals surface area contributed by atoms with Crippen LogP contribution in [0.2, 0.25) is 0 Å². The molecule has 2 aromatic carbocycles. The van der Waals surface area contributed by atoms with Gasteiger partial charge in [0.2, 0.25) is 0 Å². The van der Waals surface area contributed by atoms with Crippen molar-refractivity contribution in [3.8, 4) is 0 Å². The van der Waals surface area contributed by atoms with Crippen LogP contribution >= 0.6 is 0 Å². The Morgan fingerprint density at radius 3 is 2.26 bits per heavy atom. The van der Waals surface area contributed by atoms with Crippen molar-refractivity contribution in [1.29, 1.82) is 5.41 Å². The number of ether oxygens (including phenoxy) is 1. The van der Waals surface area contributed by atoms with Gasteiger partial charge in [-0.25, -0.2) is 14.6 Å². The molecule has 0 amide bonds. The van der Waals surface area contributed by atoms with Crippen LogP contribution in [0.1, 0.15) is 5.56 Å². The highest BCUT2D eigenvalue weighted by molar-refractivity contribution is 6.06. The van der Waals surface area contributed by atoms with Gasteiger partial charge in [0.1, 0.15) is 0 Å². The van der Waals surface area contributed by atoms with E-state index in [-0.39, 0.29) is 0 Å². The first-order valence-corrected chi connectivity index (χ1v) is 11.3. The molecule has 13 heteroatoms. The SMILES string of the molecule is N=C(Nc1ccccc1)N1CCN(/C(=C2\N=COC2=O)c2cccc3cocc23)CC1.O=C(O)C(F)(F)F. The number of carbonyl (C=O) groups is 2. The number of guanidine groups is 1. The molecule has 3 N–H and O–H groups in total. The molecule has 2 aliphatic rings. The molecular formula is C25H22F3N5O5. The van der Waals surface area contributed by atoms with Gasteiger partial charge in [-0.05, 0) is 12.1 Å². The average Bonchev–Trinajstić information content (AvgIpc) is 3.55. The molecule has 0 saturated carbocycles. The molecule has 38 heavy (non-hydrogen) atoms. The first-order chi connectivity index (χ1) is 18.1. The third kappa shape index (κ3) is 5.94. The monoisotopic (exact) mass is 529 g/mol. The van der Waals surface area contributed by atoms with Gasteiger partial charge in [-0.3, -0.25) is 5.41 Å². The van der Waals surface area contributed by atoms with Crippen LogP contribution in [-0.2, 0) is 14.3 Å². The average molecular weight is 529 g/mol. The molecule has 1 aromatic heterocycles. The van der Waals surface area contributed by atoms with Gasteiger partial charge < -0.3 is 29.4 Å². The van der Waals surface area contributed by atoms with Crippen molar-refractivity contribution in [3.63, 3.8) is 0 Å². The minimum atomic E-state index is -5.08. The number of para-hydroxylation sites is 1. The maximum absolute atomic E-state index is 12.4. The van der Waals surface area contributed by atoms with Crippen molar-refractivity contribution in [3.05, 3.63) is 72.3 Å². The maximum Gasteiger partial charge on any atom is 0.490 e. The molecule has 0 radical (unpaired) electrons. The Hall–Kier alpha value is -4.81. The van der Waals surface area contributed by atoms with Crippen LogP contribution in [0.3, 0.4) is 0 Å². The van der Waals surface area contributed by atoms with E-state index in [4.69, 9.17) is 24.5 Å². The molecule has 0 atom stereocenters. The normalized spacial score (nSPS) is 16.6. The van der Waals surface area contributed by atoms with E-state index < -0.39 is 18.1 Å². The van der Waals surface area contributed by atoms with E-state index in [0.29, 0.717) is 37.8 Å². The summed E-state index contributed by atoms with van der Waals surface area (Å²) in [6.07, 6.45) is -0.528. The fourth-order valence-corrected chi connectivity index (χ4v) is 3.93. The number of aliphatic carboxylic acids is 1. The second kappa shape index (κ2) is 11.1. The smallest absolute Gasteiger partial charge is 0.475 e. The number of piperazine rings is 1. The standard InChI is InChI=1S/C23H21N5O3.C2HF3O2/c24-23(26-17-6-2-1-3-7-17)28-11-9-27(10-12-28)21(20-22(29)31-15-25-20)18-8-4-5-16-13-30-14-19(16)18;3-2(4,5)1(6)7/h1-8,13-15H,9-12H2,(H2,24,26);(H,6,7)/b21-20-;. The lowest BCUT2D eigenvalue weighted by Crippen LogP contribution is -2.49. The van der Waals surface area contributed by atoms with Gasteiger partial charge in [-0.15, -0.1) is 0 Å². The quantitative estimate of drug-likeness (QED) is 0.201. The van der Waals surface area contributed by atoms with E-state index in [1.54, 1.807) is 12.5 Å². The molecule has 1 saturated heterocycles. The highest BCUT2D eigenvalue weighted by Crippen LogP contribution is 2.33. The summed E-state index contributed by atoms with van der Waals surface area (Å²) in [5.41, 5.74) is 2.78. The summed E-state index contributed by atoms with van der Waals surface area (Å²) >= 11 is 0. The summed E-state index contributed by atoms with van der Waals surface area (Å²) in [7, 11) is 0. The first kappa shape index (κ1) is 26.3. The summed E-state index contributed by atoms with van der Waals surface area (Å²) in [6.45, 7) is 2.54. The Bertz CT molecular complexity index is 1390. The second-order valence-electron chi connectivity index (χ2n) is 8.13. The summed E-state index contributed by atoms with van der Waals surface area (Å²) in [5.74, 6) is -2.86. The Labute approximate surface area is 214 Å². The largest absolute Gasteiger partial charge is 0.490 e. The summed E-state index contributed by atoms with van der Waals surface area (Å²) < 4.78 is 42.1. The number of carboxylic acids is 1. The number of furan rings is 1. The fraction of sp³-hybridized carbons (Fsp3) is 0.200. The van der Waals surface area contributed by atoms with Crippen molar-refractivity contribution < 1.29 is 37.0 Å². The number of hydrogen-bond acceptors (Lipinski definition) is 7. The molecule has 3 aromatic rings. The molecule has 0 bridgehead atoms. The number of aliphatic imine (C=N–C) groups is 1. The molecule has 0 aliphatic carbocycles. The summed E-state index contributed by atoms with van der Waals surface area (Å²) in [4.78, 5) is 29.6. The zero-order valence-electron chi connectivity index (χ0n) is 19.7. The van der Waals surface area contributed by atoms with Gasteiger partial charge >= 0.3 is 18.1 Å². The van der Waals surface area contributed by atoms with E-state index in [1.807, 2.05) is 53.4 Å². The van der Waals surface area contributed by atoms with Crippen LogP contribution in [0.5, 0.6) is 0 Å². The molecule has 10 nitrogen and oxygen atoms in total. The predicted molar refractivity (Wildman–Crippen MR) is 132 cm³/mol. The highest BCUT2D eigenvalue weighted by atomic mass is 19.4. The zero-order valence-corrected chi connectivity index (χ0v) is 19.7. The molecule has 5 rings (SSSR count). The van der Waals surface area contributed by atoms with E-state index in [9.17, 15) is 18.0 Å². The van der Waals surface area contributed by atoms with Crippen LogP contribution in [0.25, 0.3) is 16.5 Å². The van der Waals surface area contributed by atoms with Gasteiger partial charge in [0.15, 0.2) is 18.1 Å². The van der Waals surface area contributed by atoms with Crippen LogP contribution < -0.4 is 5.32 Å². The lowest BCUT2D eigenvalue weighted by Gasteiger charge is -2.38. The second-order valence-corrected chi connectivity index (χ2v) is 8.13. The first-order valence-electron chi connectivity index (χ1n) is 11.3. The Morgan fingerprint density at radius 2 is 1.66 bits per heavy atom.